The van der Waals surface area contributed by atoms with Crippen LogP contribution in [0.5, 0.6) is 0 Å². The van der Waals surface area contributed by atoms with E-state index < -0.39 is 0 Å². The predicted molar refractivity (Wildman–Crippen MR) is 89.7 cm³/mol. The molecular formula is C19H30N2. The summed E-state index contributed by atoms with van der Waals surface area (Å²) in [4.78, 5) is 0. The fraction of sp³-hybridized carbons (Fsp3) is 0.684. The SMILES string of the molecule is CC(C)(C)c1ccc([C@@H]2C[C@H]2N[C@H]2CC[C@H](N)CC2)cc1. The zero-order valence-electron chi connectivity index (χ0n) is 13.7. The number of nitrogens with one attached hydrogen (secondary N) is 1. The van der Waals surface area contributed by atoms with E-state index in [1.165, 1.54) is 43.2 Å². The first-order chi connectivity index (χ1) is 9.93. The summed E-state index contributed by atoms with van der Waals surface area (Å²) in [6.45, 7) is 6.83. The van der Waals surface area contributed by atoms with E-state index in [0.717, 1.165) is 5.92 Å². The zero-order valence-corrected chi connectivity index (χ0v) is 13.7. The van der Waals surface area contributed by atoms with Crippen molar-refractivity contribution >= 4 is 0 Å². The van der Waals surface area contributed by atoms with Gasteiger partial charge in [-0.05, 0) is 48.6 Å². The Balaban J connectivity index is 1.53. The van der Waals surface area contributed by atoms with Gasteiger partial charge in [-0.3, -0.25) is 0 Å². The molecule has 3 N–H and O–H groups in total. The molecule has 116 valence electrons. The van der Waals surface area contributed by atoms with Gasteiger partial charge in [-0.15, -0.1) is 0 Å². The highest BCUT2D eigenvalue weighted by molar-refractivity contribution is 5.33. The van der Waals surface area contributed by atoms with E-state index in [-0.39, 0.29) is 5.41 Å². The standard InChI is InChI=1S/C19H30N2/c1-19(2,3)14-6-4-13(5-7-14)17-12-18(17)21-16-10-8-15(20)9-11-16/h4-7,15-18,21H,8-12,20H2,1-3H3/t15-,16-,17-,18+/m0/s1. The average molecular weight is 286 g/mol. The Labute approximate surface area is 129 Å². The van der Waals surface area contributed by atoms with Crippen molar-refractivity contribution in [2.24, 2.45) is 5.73 Å². The first kappa shape index (κ1) is 15.1. The molecule has 0 saturated heterocycles. The van der Waals surface area contributed by atoms with Crippen molar-refractivity contribution in [3.8, 4) is 0 Å². The summed E-state index contributed by atoms with van der Waals surface area (Å²) >= 11 is 0. The molecule has 0 aromatic heterocycles. The molecule has 0 aliphatic heterocycles. The molecule has 2 aliphatic rings. The van der Waals surface area contributed by atoms with Gasteiger partial charge in [-0.2, -0.15) is 0 Å². The van der Waals surface area contributed by atoms with Crippen LogP contribution in [-0.4, -0.2) is 18.1 Å². The summed E-state index contributed by atoms with van der Waals surface area (Å²) in [5.74, 6) is 0.731. The number of nitrogens with two attached hydrogens (primary N) is 1. The van der Waals surface area contributed by atoms with Crippen molar-refractivity contribution in [2.45, 2.75) is 82.3 Å². The van der Waals surface area contributed by atoms with Crippen molar-refractivity contribution in [1.82, 2.24) is 5.32 Å². The van der Waals surface area contributed by atoms with E-state index in [2.05, 4.69) is 50.4 Å². The van der Waals surface area contributed by atoms with Crippen LogP contribution < -0.4 is 11.1 Å². The highest BCUT2D eigenvalue weighted by Crippen LogP contribution is 2.42. The maximum atomic E-state index is 5.98. The lowest BCUT2D eigenvalue weighted by Crippen LogP contribution is -2.38. The fourth-order valence-corrected chi connectivity index (χ4v) is 3.57. The van der Waals surface area contributed by atoms with Gasteiger partial charge in [-0.25, -0.2) is 0 Å². The van der Waals surface area contributed by atoms with E-state index >= 15 is 0 Å². The van der Waals surface area contributed by atoms with Gasteiger partial charge >= 0.3 is 0 Å². The van der Waals surface area contributed by atoms with Crippen LogP contribution in [-0.2, 0) is 5.41 Å². The topological polar surface area (TPSA) is 38.0 Å². The van der Waals surface area contributed by atoms with Gasteiger partial charge < -0.3 is 11.1 Å². The van der Waals surface area contributed by atoms with E-state index in [1.54, 1.807) is 0 Å². The molecule has 0 heterocycles. The van der Waals surface area contributed by atoms with Gasteiger partial charge in [0.1, 0.15) is 0 Å². The molecule has 2 saturated carbocycles. The fourth-order valence-electron chi connectivity index (χ4n) is 3.57. The maximum Gasteiger partial charge on any atom is 0.0145 e. The van der Waals surface area contributed by atoms with Crippen LogP contribution in [0.25, 0.3) is 0 Å². The molecule has 2 fully saturated rings. The van der Waals surface area contributed by atoms with Crippen LogP contribution in [0.4, 0.5) is 0 Å². The van der Waals surface area contributed by atoms with Crippen LogP contribution in [0.15, 0.2) is 24.3 Å². The number of hydrogen-bond donors (Lipinski definition) is 2. The second-order valence-electron chi connectivity index (χ2n) is 8.10. The van der Waals surface area contributed by atoms with Crippen molar-refractivity contribution in [1.29, 1.82) is 0 Å². The minimum Gasteiger partial charge on any atom is -0.328 e. The Morgan fingerprint density at radius 1 is 1.00 bits per heavy atom. The Bertz CT molecular complexity index is 463. The Morgan fingerprint density at radius 2 is 1.62 bits per heavy atom. The second-order valence-corrected chi connectivity index (χ2v) is 8.10. The third-order valence-corrected chi connectivity index (χ3v) is 5.22. The second kappa shape index (κ2) is 5.73. The summed E-state index contributed by atoms with van der Waals surface area (Å²) in [6.07, 6.45) is 6.20. The van der Waals surface area contributed by atoms with E-state index in [9.17, 15) is 0 Å². The minimum atomic E-state index is 0.251. The third kappa shape index (κ3) is 3.67. The van der Waals surface area contributed by atoms with E-state index in [0.29, 0.717) is 18.1 Å². The highest BCUT2D eigenvalue weighted by atomic mass is 15.0. The van der Waals surface area contributed by atoms with Crippen molar-refractivity contribution in [3.05, 3.63) is 35.4 Å². The first-order valence-electron chi connectivity index (χ1n) is 8.55. The largest absolute Gasteiger partial charge is 0.328 e. The molecule has 0 amide bonds. The molecule has 1 aromatic rings. The van der Waals surface area contributed by atoms with Crippen LogP contribution in [0.2, 0.25) is 0 Å². The van der Waals surface area contributed by atoms with Gasteiger partial charge in [0.2, 0.25) is 0 Å². The quantitative estimate of drug-likeness (QED) is 0.889. The van der Waals surface area contributed by atoms with Gasteiger partial charge in [0.15, 0.2) is 0 Å². The van der Waals surface area contributed by atoms with Gasteiger partial charge in [0.05, 0.1) is 0 Å². The molecule has 0 radical (unpaired) electrons. The Hall–Kier alpha value is -0.860. The van der Waals surface area contributed by atoms with Crippen LogP contribution in [0, 0.1) is 0 Å². The van der Waals surface area contributed by atoms with E-state index in [4.69, 9.17) is 5.73 Å². The van der Waals surface area contributed by atoms with Crippen molar-refractivity contribution in [3.63, 3.8) is 0 Å². The molecule has 1 aromatic carbocycles. The monoisotopic (exact) mass is 286 g/mol. The van der Waals surface area contributed by atoms with Crippen molar-refractivity contribution in [2.75, 3.05) is 0 Å². The average Bonchev–Trinajstić information content (AvgIpc) is 3.20. The van der Waals surface area contributed by atoms with Gasteiger partial charge in [0, 0.05) is 24.0 Å². The van der Waals surface area contributed by atoms with Crippen LogP contribution >= 0.6 is 0 Å². The summed E-state index contributed by atoms with van der Waals surface area (Å²) < 4.78 is 0. The number of rotatable bonds is 3. The molecule has 2 nitrogen and oxygen atoms in total. The zero-order chi connectivity index (χ0) is 15.0. The minimum absolute atomic E-state index is 0.251. The lowest BCUT2D eigenvalue weighted by Gasteiger charge is -2.27. The summed E-state index contributed by atoms with van der Waals surface area (Å²) in [7, 11) is 0. The molecule has 21 heavy (non-hydrogen) atoms. The normalized spacial score (nSPS) is 33.0. The van der Waals surface area contributed by atoms with Gasteiger partial charge in [-0.1, -0.05) is 45.0 Å². The van der Waals surface area contributed by atoms with Gasteiger partial charge in [0.25, 0.3) is 0 Å². The van der Waals surface area contributed by atoms with Crippen LogP contribution in [0.1, 0.15) is 69.9 Å². The Kier molecular flexibility index (Phi) is 4.11. The lowest BCUT2D eigenvalue weighted by molar-refractivity contribution is 0.339. The molecule has 0 unspecified atom stereocenters. The Morgan fingerprint density at radius 3 is 2.19 bits per heavy atom. The molecule has 0 bridgehead atoms. The molecule has 0 spiro atoms. The molecule has 2 aliphatic carbocycles. The third-order valence-electron chi connectivity index (χ3n) is 5.22. The van der Waals surface area contributed by atoms with E-state index in [1.807, 2.05) is 0 Å². The lowest BCUT2D eigenvalue weighted by atomic mass is 9.86. The van der Waals surface area contributed by atoms with Crippen molar-refractivity contribution < 1.29 is 0 Å². The summed E-state index contributed by atoms with van der Waals surface area (Å²) in [5, 5.41) is 3.85. The first-order valence-corrected chi connectivity index (χ1v) is 8.55. The molecule has 2 heteroatoms. The highest BCUT2D eigenvalue weighted by Gasteiger charge is 2.39. The maximum absolute atomic E-state index is 5.98. The van der Waals surface area contributed by atoms with Crippen LogP contribution in [0.3, 0.4) is 0 Å². The molecule has 3 rings (SSSR count). The summed E-state index contributed by atoms with van der Waals surface area (Å²) in [6, 6.07) is 11.1. The smallest absolute Gasteiger partial charge is 0.0145 e. The predicted octanol–water partition coefficient (Wildman–Crippen LogP) is 3.70. The summed E-state index contributed by atoms with van der Waals surface area (Å²) in [5.41, 5.74) is 9.17. The number of hydrogen-bond acceptors (Lipinski definition) is 2. The molecular weight excluding hydrogens is 256 g/mol. The molecule has 2 atom stereocenters. The number of benzene rings is 1.